The number of allylic oxidation sites excluding steroid dienone is 1. The number of phenolic OH excluding ortho intramolecular Hbond substituents is 1. The Morgan fingerprint density at radius 2 is 2.03 bits per heavy atom. The lowest BCUT2D eigenvalue weighted by Crippen LogP contribution is -2.27. The number of amides is 1. The molecule has 3 aromatic rings. The summed E-state index contributed by atoms with van der Waals surface area (Å²) in [6.45, 7) is 6.51. The second kappa shape index (κ2) is 11.4. The normalized spacial score (nSPS) is 11.9. The Balaban J connectivity index is 1.61. The van der Waals surface area contributed by atoms with Crippen LogP contribution in [-0.4, -0.2) is 37.2 Å². The van der Waals surface area contributed by atoms with Gasteiger partial charge in [-0.25, -0.2) is 5.43 Å². The molecule has 0 aliphatic heterocycles. The van der Waals surface area contributed by atoms with E-state index in [1.165, 1.54) is 18.0 Å². The highest BCUT2D eigenvalue weighted by molar-refractivity contribution is 8.00. The van der Waals surface area contributed by atoms with Crippen molar-refractivity contribution >= 4 is 41.2 Å². The van der Waals surface area contributed by atoms with E-state index >= 15 is 0 Å². The number of thioether (sulfide) groups is 1. The fraction of sp³-hybridized carbons (Fsp3) is 0.182. The van der Waals surface area contributed by atoms with Gasteiger partial charge in [0.05, 0.1) is 18.0 Å². The number of nitrogens with zero attached hydrogens (tertiary/aromatic N) is 4. The molecule has 0 aliphatic carbocycles. The van der Waals surface area contributed by atoms with Crippen LogP contribution in [0.15, 0.2) is 71.4 Å². The predicted octanol–water partition coefficient (Wildman–Crippen LogP) is 4.07. The van der Waals surface area contributed by atoms with Crippen molar-refractivity contribution in [1.29, 1.82) is 0 Å². The zero-order valence-corrected chi connectivity index (χ0v) is 19.0. The molecule has 166 valence electrons. The topological polar surface area (TPSA) is 104 Å². The maximum atomic E-state index is 12.4. The van der Waals surface area contributed by atoms with Gasteiger partial charge in [0.15, 0.2) is 11.0 Å². The molecule has 0 radical (unpaired) electrons. The van der Waals surface area contributed by atoms with Gasteiger partial charge in [0.1, 0.15) is 5.75 Å². The number of aromatic nitrogens is 3. The number of anilines is 1. The molecule has 0 fully saturated rings. The van der Waals surface area contributed by atoms with Crippen molar-refractivity contribution in [2.45, 2.75) is 30.4 Å². The number of hydrogen-bond donors (Lipinski definition) is 3. The zero-order valence-electron chi connectivity index (χ0n) is 17.4. The highest BCUT2D eigenvalue weighted by Crippen LogP contribution is 2.23. The third-order valence-electron chi connectivity index (χ3n) is 4.37. The molecular formula is C22H23ClN6O2S. The first kappa shape index (κ1) is 23.4. The molecule has 10 heteroatoms. The maximum Gasteiger partial charge on any atom is 0.253 e. The lowest BCUT2D eigenvalue weighted by Gasteiger charge is -2.12. The second-order valence-electron chi connectivity index (χ2n) is 6.71. The van der Waals surface area contributed by atoms with Crippen LogP contribution in [-0.2, 0) is 17.9 Å². The lowest BCUT2D eigenvalue weighted by atomic mass is 10.2. The number of benzene rings is 2. The molecule has 0 spiro atoms. The first-order valence-corrected chi connectivity index (χ1v) is 11.0. The smallest absolute Gasteiger partial charge is 0.253 e. The zero-order chi connectivity index (χ0) is 22.9. The Labute approximate surface area is 195 Å². The van der Waals surface area contributed by atoms with Crippen LogP contribution in [0.5, 0.6) is 5.75 Å². The molecule has 8 nitrogen and oxygen atoms in total. The van der Waals surface area contributed by atoms with Crippen LogP contribution >= 0.6 is 23.4 Å². The van der Waals surface area contributed by atoms with E-state index in [0.29, 0.717) is 34.7 Å². The van der Waals surface area contributed by atoms with Crippen LogP contribution in [0, 0.1) is 0 Å². The van der Waals surface area contributed by atoms with E-state index in [9.17, 15) is 9.90 Å². The lowest BCUT2D eigenvalue weighted by molar-refractivity contribution is -0.120. The Hall–Kier alpha value is -3.30. The Bertz CT molecular complexity index is 1100. The van der Waals surface area contributed by atoms with Crippen LogP contribution in [0.3, 0.4) is 0 Å². The molecule has 1 heterocycles. The molecule has 3 N–H and O–H groups in total. The molecule has 3 rings (SSSR count). The second-order valence-corrected chi connectivity index (χ2v) is 8.46. The summed E-state index contributed by atoms with van der Waals surface area (Å²) in [7, 11) is 0. The molecule has 0 saturated heterocycles. The summed E-state index contributed by atoms with van der Waals surface area (Å²) in [5, 5.41) is 26.2. The molecule has 0 saturated carbocycles. The quantitative estimate of drug-likeness (QED) is 0.178. The number of aromatic hydroxyl groups is 1. The third-order valence-corrected chi connectivity index (χ3v) is 5.70. The summed E-state index contributed by atoms with van der Waals surface area (Å²) in [6.07, 6.45) is 3.14. The molecule has 2 aromatic carbocycles. The van der Waals surface area contributed by atoms with E-state index < -0.39 is 5.25 Å². The molecule has 0 bridgehead atoms. The van der Waals surface area contributed by atoms with Gasteiger partial charge in [-0.2, -0.15) is 5.10 Å². The number of rotatable bonds is 10. The van der Waals surface area contributed by atoms with Gasteiger partial charge in [0.2, 0.25) is 0 Å². The molecule has 1 aromatic heterocycles. The van der Waals surface area contributed by atoms with Crippen molar-refractivity contribution in [2.75, 3.05) is 5.32 Å². The molecule has 1 atom stereocenters. The fourth-order valence-electron chi connectivity index (χ4n) is 2.66. The van der Waals surface area contributed by atoms with Crippen molar-refractivity contribution in [3.63, 3.8) is 0 Å². The largest absolute Gasteiger partial charge is 0.507 e. The average Bonchev–Trinajstić information content (AvgIpc) is 3.16. The van der Waals surface area contributed by atoms with Crippen molar-refractivity contribution < 1.29 is 9.90 Å². The van der Waals surface area contributed by atoms with Gasteiger partial charge in [-0.15, -0.1) is 16.8 Å². The van der Waals surface area contributed by atoms with Gasteiger partial charge in [-0.3, -0.25) is 4.79 Å². The highest BCUT2D eigenvalue weighted by atomic mass is 35.5. The van der Waals surface area contributed by atoms with E-state index in [1.807, 2.05) is 28.8 Å². The molecular weight excluding hydrogens is 448 g/mol. The number of halogens is 1. The monoisotopic (exact) mass is 470 g/mol. The number of hydrogen-bond acceptors (Lipinski definition) is 7. The Kier molecular flexibility index (Phi) is 8.29. The van der Waals surface area contributed by atoms with E-state index in [2.05, 4.69) is 32.6 Å². The summed E-state index contributed by atoms with van der Waals surface area (Å²) in [5.74, 6) is 0.508. The number of hydrazone groups is 1. The van der Waals surface area contributed by atoms with Crippen LogP contribution in [0.1, 0.15) is 18.3 Å². The van der Waals surface area contributed by atoms with Gasteiger partial charge in [0.25, 0.3) is 5.91 Å². The minimum absolute atomic E-state index is 0.0881. The number of para-hydroxylation sites is 1. The average molecular weight is 471 g/mol. The van der Waals surface area contributed by atoms with E-state index in [4.69, 9.17) is 11.6 Å². The number of nitrogens with one attached hydrogen (secondary N) is 2. The minimum atomic E-state index is -0.471. The molecule has 1 amide bonds. The fourth-order valence-corrected chi connectivity index (χ4v) is 3.66. The Morgan fingerprint density at radius 1 is 1.28 bits per heavy atom. The number of phenols is 1. The summed E-state index contributed by atoms with van der Waals surface area (Å²) in [4.78, 5) is 12.4. The summed E-state index contributed by atoms with van der Waals surface area (Å²) in [5.41, 5.74) is 3.91. The van der Waals surface area contributed by atoms with Gasteiger partial charge in [-0.05, 0) is 43.3 Å². The van der Waals surface area contributed by atoms with Gasteiger partial charge < -0.3 is 15.0 Å². The first-order valence-electron chi connectivity index (χ1n) is 9.78. The standard InChI is InChI=1S/C22H23ClN6O2S/c1-3-12-29-20(14-24-18-10-8-17(23)9-11-18)26-28-22(29)32-15(2)21(31)27-25-13-16-6-4-5-7-19(16)30/h3-11,13,15,24,30H,1,12,14H2,2H3,(H,27,31)/b25-13-/t15-/m1/s1. The molecule has 0 unspecified atom stereocenters. The SMILES string of the molecule is C=CCn1c(CNc2ccc(Cl)cc2)nnc1S[C@H](C)C(=O)N/N=C\c1ccccc1O. The van der Waals surface area contributed by atoms with E-state index in [-0.39, 0.29) is 11.7 Å². The van der Waals surface area contributed by atoms with Crippen LogP contribution in [0.25, 0.3) is 0 Å². The first-order chi connectivity index (χ1) is 15.5. The van der Waals surface area contributed by atoms with E-state index in [1.54, 1.807) is 37.3 Å². The van der Waals surface area contributed by atoms with Crippen molar-refractivity contribution in [3.05, 3.63) is 77.6 Å². The van der Waals surface area contributed by atoms with Gasteiger partial charge in [-0.1, -0.05) is 41.6 Å². The van der Waals surface area contributed by atoms with E-state index in [0.717, 1.165) is 5.69 Å². The Morgan fingerprint density at radius 3 is 2.75 bits per heavy atom. The molecule has 0 aliphatic rings. The van der Waals surface area contributed by atoms with Crippen LogP contribution in [0.4, 0.5) is 5.69 Å². The predicted molar refractivity (Wildman–Crippen MR) is 128 cm³/mol. The summed E-state index contributed by atoms with van der Waals surface area (Å²) in [6, 6.07) is 14.1. The maximum absolute atomic E-state index is 12.4. The van der Waals surface area contributed by atoms with Gasteiger partial charge in [0, 0.05) is 22.8 Å². The van der Waals surface area contributed by atoms with Crippen LogP contribution in [0.2, 0.25) is 5.02 Å². The van der Waals surface area contributed by atoms with Crippen molar-refractivity contribution in [3.8, 4) is 5.75 Å². The number of carbonyl (C=O) groups excluding carboxylic acids is 1. The molecule has 32 heavy (non-hydrogen) atoms. The minimum Gasteiger partial charge on any atom is -0.507 e. The highest BCUT2D eigenvalue weighted by Gasteiger charge is 2.19. The van der Waals surface area contributed by atoms with Crippen LogP contribution < -0.4 is 10.7 Å². The summed E-state index contributed by atoms with van der Waals surface area (Å²) >= 11 is 7.20. The van der Waals surface area contributed by atoms with Crippen molar-refractivity contribution in [2.24, 2.45) is 5.10 Å². The third kappa shape index (κ3) is 6.35. The number of carbonyl (C=O) groups is 1. The summed E-state index contributed by atoms with van der Waals surface area (Å²) < 4.78 is 1.90. The van der Waals surface area contributed by atoms with Crippen molar-refractivity contribution in [1.82, 2.24) is 20.2 Å². The van der Waals surface area contributed by atoms with Gasteiger partial charge >= 0.3 is 0 Å².